The molecule has 0 fully saturated rings. The van der Waals surface area contributed by atoms with Crippen LogP contribution in [0.25, 0.3) is 0 Å². The van der Waals surface area contributed by atoms with Gasteiger partial charge < -0.3 is 14.1 Å². The molecule has 0 saturated heterocycles. The molecule has 1 unspecified atom stereocenters. The zero-order valence-electron chi connectivity index (χ0n) is 16.8. The Hall–Kier alpha value is -2.21. The quantitative estimate of drug-likeness (QED) is 0.592. The minimum Gasteiger partial charge on any atom is -0.401 e. The van der Waals surface area contributed by atoms with Crippen LogP contribution in [-0.4, -0.2) is 19.3 Å². The van der Waals surface area contributed by atoms with Gasteiger partial charge >= 0.3 is 0 Å². The van der Waals surface area contributed by atoms with Crippen LogP contribution in [0.2, 0.25) is 0 Å². The van der Waals surface area contributed by atoms with E-state index in [2.05, 4.69) is 74.5 Å². The van der Waals surface area contributed by atoms with Gasteiger partial charge in [0.2, 0.25) is 9.04 Å². The first-order chi connectivity index (χ1) is 13.5. The topological polar surface area (TPSA) is 55.5 Å². The molecule has 2 aromatic carbocycles. The summed E-state index contributed by atoms with van der Waals surface area (Å²) in [6, 6.07) is 22.7. The van der Waals surface area contributed by atoms with Crippen molar-refractivity contribution in [3.63, 3.8) is 0 Å². The van der Waals surface area contributed by atoms with Crippen LogP contribution in [0.15, 0.2) is 71.3 Å². The van der Waals surface area contributed by atoms with Crippen LogP contribution >= 0.6 is 0 Å². The third-order valence-corrected chi connectivity index (χ3v) is 7.30. The fourth-order valence-corrected chi connectivity index (χ4v) is 5.61. The average Bonchev–Trinajstić information content (AvgIpc) is 3.18. The first kappa shape index (κ1) is 20.5. The third-order valence-electron chi connectivity index (χ3n) is 4.72. The van der Waals surface area contributed by atoms with E-state index in [1.165, 1.54) is 10.4 Å². The average molecular weight is 396 g/mol. The highest BCUT2D eigenvalue weighted by atomic mass is 28.3. The van der Waals surface area contributed by atoms with E-state index in [0.29, 0.717) is 11.5 Å². The number of aliphatic hydroxyl groups is 1. The van der Waals surface area contributed by atoms with Gasteiger partial charge in [-0.1, -0.05) is 86.6 Å². The highest BCUT2D eigenvalue weighted by Gasteiger charge is 2.27. The zero-order valence-corrected chi connectivity index (χ0v) is 18.0. The minimum absolute atomic E-state index is 0.131. The Morgan fingerprint density at radius 2 is 1.57 bits per heavy atom. The molecule has 0 aliphatic carbocycles. The third kappa shape index (κ3) is 5.64. The molecule has 28 heavy (non-hydrogen) atoms. The van der Waals surface area contributed by atoms with Gasteiger partial charge in [-0.3, -0.25) is 0 Å². The van der Waals surface area contributed by atoms with Gasteiger partial charge in [0.15, 0.2) is 5.76 Å². The molecule has 3 rings (SSSR count). The molecular formula is C23H29NO3Si. The number of nitrogens with zero attached hydrogens (tertiary/aromatic N) is 1. The standard InChI is InChI=1S/C23H29NO3Si/c1-23(2,3)15-14-21(22-16-18(17-25)24-26-22)27-28(19-10-6-4-7-11-19)20-12-8-5-9-13-20/h4-13,16,21,25,28H,14-15,17H2,1-3H3. The Kier molecular flexibility index (Phi) is 6.83. The smallest absolute Gasteiger partial charge is 0.240 e. The summed E-state index contributed by atoms with van der Waals surface area (Å²) in [4.78, 5) is 0. The molecule has 0 bridgehead atoms. The normalized spacial score (nSPS) is 13.0. The molecule has 1 atom stereocenters. The summed E-state index contributed by atoms with van der Waals surface area (Å²) in [6.45, 7) is 6.56. The number of rotatable bonds is 8. The van der Waals surface area contributed by atoms with Crippen molar-refractivity contribution in [1.82, 2.24) is 5.16 Å². The summed E-state index contributed by atoms with van der Waals surface area (Å²) in [6.07, 6.45) is 1.65. The van der Waals surface area contributed by atoms with Crippen LogP contribution in [-0.2, 0) is 11.0 Å². The Labute approximate surface area is 168 Å². The van der Waals surface area contributed by atoms with Crippen LogP contribution < -0.4 is 10.4 Å². The van der Waals surface area contributed by atoms with Crippen molar-refractivity contribution in [2.45, 2.75) is 46.3 Å². The second kappa shape index (κ2) is 9.32. The second-order valence-corrected chi connectivity index (χ2v) is 10.7. The van der Waals surface area contributed by atoms with E-state index in [9.17, 15) is 5.11 Å². The first-order valence-corrected chi connectivity index (χ1v) is 11.4. The number of aliphatic hydroxyl groups excluding tert-OH is 1. The van der Waals surface area contributed by atoms with Gasteiger partial charge in [0.05, 0.1) is 6.61 Å². The zero-order chi connectivity index (χ0) is 20.0. The predicted octanol–water partition coefficient (Wildman–Crippen LogP) is 3.59. The molecule has 0 aliphatic rings. The molecule has 148 valence electrons. The van der Waals surface area contributed by atoms with E-state index in [0.717, 1.165) is 12.8 Å². The van der Waals surface area contributed by atoms with Crippen molar-refractivity contribution < 1.29 is 14.1 Å². The SMILES string of the molecule is CC(C)(C)CCC(O[SiH](c1ccccc1)c1ccccc1)c1cc(CO)no1. The van der Waals surface area contributed by atoms with Gasteiger partial charge in [-0.2, -0.15) is 0 Å². The Morgan fingerprint density at radius 1 is 1.00 bits per heavy atom. The van der Waals surface area contributed by atoms with Crippen LogP contribution in [0.5, 0.6) is 0 Å². The first-order valence-electron chi connectivity index (χ1n) is 9.78. The van der Waals surface area contributed by atoms with Crippen molar-refractivity contribution in [3.8, 4) is 0 Å². The maximum absolute atomic E-state index is 9.38. The highest BCUT2D eigenvalue weighted by Crippen LogP contribution is 2.30. The molecule has 3 aromatic rings. The van der Waals surface area contributed by atoms with Gasteiger partial charge in [-0.25, -0.2) is 0 Å². The fourth-order valence-electron chi connectivity index (χ4n) is 3.17. The van der Waals surface area contributed by atoms with Gasteiger partial charge in [0.1, 0.15) is 11.8 Å². The molecule has 4 nitrogen and oxygen atoms in total. The summed E-state index contributed by atoms with van der Waals surface area (Å²) in [7, 11) is -1.91. The Balaban J connectivity index is 1.92. The molecule has 0 radical (unpaired) electrons. The molecule has 1 heterocycles. The molecule has 0 aliphatic heterocycles. The lowest BCUT2D eigenvalue weighted by molar-refractivity contribution is 0.142. The predicted molar refractivity (Wildman–Crippen MR) is 114 cm³/mol. The van der Waals surface area contributed by atoms with Crippen LogP contribution in [0, 0.1) is 5.41 Å². The van der Waals surface area contributed by atoms with E-state index in [1.54, 1.807) is 0 Å². The molecular weight excluding hydrogens is 366 g/mol. The molecule has 1 N–H and O–H groups in total. The molecule has 1 aromatic heterocycles. The highest BCUT2D eigenvalue weighted by molar-refractivity contribution is 6.80. The lowest BCUT2D eigenvalue weighted by atomic mass is 9.89. The lowest BCUT2D eigenvalue weighted by Crippen LogP contribution is -2.45. The minimum atomic E-state index is -1.91. The maximum atomic E-state index is 9.38. The monoisotopic (exact) mass is 395 g/mol. The van der Waals surface area contributed by atoms with Crippen LogP contribution in [0.1, 0.15) is 51.2 Å². The second-order valence-electron chi connectivity index (χ2n) is 8.30. The summed E-state index contributed by atoms with van der Waals surface area (Å²) in [5.74, 6) is 0.692. The van der Waals surface area contributed by atoms with E-state index >= 15 is 0 Å². The van der Waals surface area contributed by atoms with Crippen molar-refractivity contribution in [2.24, 2.45) is 5.41 Å². The maximum Gasteiger partial charge on any atom is 0.240 e. The lowest BCUT2D eigenvalue weighted by Gasteiger charge is -2.26. The van der Waals surface area contributed by atoms with Gasteiger partial charge in [-0.05, 0) is 28.6 Å². The molecule has 0 amide bonds. The number of hydrogen-bond acceptors (Lipinski definition) is 4. The van der Waals surface area contributed by atoms with Crippen molar-refractivity contribution in [3.05, 3.63) is 78.2 Å². The largest absolute Gasteiger partial charge is 0.401 e. The Morgan fingerprint density at radius 3 is 2.04 bits per heavy atom. The van der Waals surface area contributed by atoms with Crippen molar-refractivity contribution >= 4 is 19.4 Å². The van der Waals surface area contributed by atoms with Crippen molar-refractivity contribution in [1.29, 1.82) is 0 Å². The van der Waals surface area contributed by atoms with Gasteiger partial charge in [0, 0.05) is 6.07 Å². The summed E-state index contributed by atoms with van der Waals surface area (Å²) in [5.41, 5.74) is 0.731. The fraction of sp³-hybridized carbons (Fsp3) is 0.348. The van der Waals surface area contributed by atoms with Gasteiger partial charge in [-0.15, -0.1) is 0 Å². The van der Waals surface area contributed by atoms with Crippen molar-refractivity contribution in [2.75, 3.05) is 0 Å². The van der Waals surface area contributed by atoms with Crippen LogP contribution in [0.3, 0.4) is 0 Å². The number of hydrogen-bond donors (Lipinski definition) is 1. The number of aromatic nitrogens is 1. The molecule has 0 spiro atoms. The molecule has 5 heteroatoms. The van der Waals surface area contributed by atoms with E-state index < -0.39 is 9.04 Å². The summed E-state index contributed by atoms with van der Waals surface area (Å²) < 4.78 is 12.3. The van der Waals surface area contributed by atoms with Gasteiger partial charge in [0.25, 0.3) is 0 Å². The summed E-state index contributed by atoms with van der Waals surface area (Å²) >= 11 is 0. The molecule has 0 saturated carbocycles. The van der Waals surface area contributed by atoms with E-state index in [1.807, 2.05) is 18.2 Å². The van der Waals surface area contributed by atoms with Crippen LogP contribution in [0.4, 0.5) is 0 Å². The summed E-state index contributed by atoms with van der Waals surface area (Å²) in [5, 5.41) is 15.8. The number of benzene rings is 2. The Bertz CT molecular complexity index is 804. The van der Waals surface area contributed by atoms with E-state index in [-0.39, 0.29) is 18.1 Å². The van der Waals surface area contributed by atoms with E-state index in [4.69, 9.17) is 8.95 Å².